The van der Waals surface area contributed by atoms with Gasteiger partial charge in [-0.3, -0.25) is 9.59 Å². The van der Waals surface area contributed by atoms with Crippen molar-refractivity contribution in [3.8, 4) is 11.4 Å². The number of aromatic nitrogens is 5. The molecule has 0 aliphatic carbocycles. The maximum Gasteiger partial charge on any atom is 0.170 e. The smallest absolute Gasteiger partial charge is 0.170 e. The number of carbonyl (C=O) groups excluding carboxylic acids is 2. The third-order valence-corrected chi connectivity index (χ3v) is 4.10. The van der Waals surface area contributed by atoms with Crippen molar-refractivity contribution in [2.24, 2.45) is 0 Å². The van der Waals surface area contributed by atoms with Crippen LogP contribution in [0.15, 0.2) is 12.4 Å². The molecule has 24 heavy (non-hydrogen) atoms. The Morgan fingerprint density at radius 2 is 1.88 bits per heavy atom. The number of aliphatic hydroxyl groups excluding tert-OH is 1. The lowest BCUT2D eigenvalue weighted by atomic mass is 10.1. The molecule has 0 amide bonds. The van der Waals surface area contributed by atoms with E-state index in [1.165, 1.54) is 12.4 Å². The summed E-state index contributed by atoms with van der Waals surface area (Å²) in [6.45, 7) is 0.0920. The summed E-state index contributed by atoms with van der Waals surface area (Å²) in [7, 11) is 0. The van der Waals surface area contributed by atoms with Crippen LogP contribution in [0, 0.1) is 0 Å². The molecule has 2 aromatic heterocycles. The topological polar surface area (TPSA) is 111 Å². The molecule has 1 N–H and O–H groups in total. The summed E-state index contributed by atoms with van der Waals surface area (Å²) in [4.78, 5) is 30.5. The first-order chi connectivity index (χ1) is 11.6. The molecule has 0 aliphatic heterocycles. The van der Waals surface area contributed by atoms with E-state index >= 15 is 0 Å². The second-order valence-electron chi connectivity index (χ2n) is 4.72. The Hall–Kier alpha value is -2.42. The number of nitrogens with zero attached hydrogens (tertiary/aromatic N) is 5. The van der Waals surface area contributed by atoms with Crippen molar-refractivity contribution >= 4 is 46.8 Å². The molecule has 10 heteroatoms. The fourth-order valence-electron chi connectivity index (χ4n) is 2.26. The van der Waals surface area contributed by atoms with Gasteiger partial charge in [-0.05, 0) is 6.07 Å². The molecule has 0 radical (unpaired) electrons. The van der Waals surface area contributed by atoms with Crippen LogP contribution in [-0.4, -0.2) is 49.0 Å². The number of fused-ring (bicyclic) bond motifs is 1. The highest BCUT2D eigenvalue weighted by Crippen LogP contribution is 2.38. The quantitative estimate of drug-likeness (QED) is 0.686. The van der Waals surface area contributed by atoms with Crippen molar-refractivity contribution in [2.45, 2.75) is 6.54 Å². The summed E-state index contributed by atoms with van der Waals surface area (Å²) in [5.74, 6) is 0.312. The van der Waals surface area contributed by atoms with Gasteiger partial charge in [-0.25, -0.2) is 9.97 Å². The predicted octanol–water partition coefficient (Wildman–Crippen LogP) is 1.81. The van der Waals surface area contributed by atoms with Gasteiger partial charge in [-0.2, -0.15) is 0 Å². The summed E-state index contributed by atoms with van der Waals surface area (Å²) in [5, 5.41) is 17.3. The SMILES string of the molecule is O=Cc1nc2cc(Cl)c(Cl)c(-c3nncn3CCO)c2nc1C=O. The molecule has 0 bridgehead atoms. The van der Waals surface area contributed by atoms with Crippen LogP contribution in [-0.2, 0) is 6.54 Å². The van der Waals surface area contributed by atoms with Gasteiger partial charge in [0.25, 0.3) is 0 Å². The van der Waals surface area contributed by atoms with Crippen LogP contribution in [0.25, 0.3) is 22.4 Å². The molecule has 3 rings (SSSR count). The van der Waals surface area contributed by atoms with Gasteiger partial charge in [0.2, 0.25) is 0 Å². The van der Waals surface area contributed by atoms with Gasteiger partial charge in [0.05, 0.1) is 27.7 Å². The normalized spacial score (nSPS) is 11.0. The van der Waals surface area contributed by atoms with Crippen LogP contribution in [0.3, 0.4) is 0 Å². The molecule has 122 valence electrons. The standard InChI is InChI=1S/C14H9Cl2N5O3/c15-7-3-8-13(19-10(5-24)9(4-23)18-8)11(12(7)16)14-20-17-6-21(14)1-2-22/h3-6,22H,1-2H2. The van der Waals surface area contributed by atoms with Gasteiger partial charge in [-0.1, -0.05) is 23.2 Å². The van der Waals surface area contributed by atoms with E-state index in [1.807, 2.05) is 0 Å². The van der Waals surface area contributed by atoms with Crippen molar-refractivity contribution in [1.29, 1.82) is 0 Å². The third-order valence-electron chi connectivity index (χ3n) is 3.31. The zero-order chi connectivity index (χ0) is 17.3. The van der Waals surface area contributed by atoms with Crippen LogP contribution in [0.4, 0.5) is 0 Å². The van der Waals surface area contributed by atoms with E-state index in [4.69, 9.17) is 28.3 Å². The summed E-state index contributed by atoms with van der Waals surface area (Å²) >= 11 is 12.4. The third kappa shape index (κ3) is 2.64. The van der Waals surface area contributed by atoms with Crippen LogP contribution in [0.5, 0.6) is 0 Å². The molecule has 1 aromatic carbocycles. The molecule has 2 heterocycles. The predicted molar refractivity (Wildman–Crippen MR) is 86.4 cm³/mol. The number of carbonyl (C=O) groups is 2. The number of hydrogen-bond donors (Lipinski definition) is 1. The fraction of sp³-hybridized carbons (Fsp3) is 0.143. The Kier molecular flexibility index (Phi) is 4.52. The van der Waals surface area contributed by atoms with E-state index in [-0.39, 0.29) is 45.6 Å². The summed E-state index contributed by atoms with van der Waals surface area (Å²) in [6, 6.07) is 1.45. The van der Waals surface area contributed by atoms with Crippen LogP contribution < -0.4 is 0 Å². The Morgan fingerprint density at radius 3 is 2.54 bits per heavy atom. The number of halogens is 2. The number of aliphatic hydroxyl groups is 1. The van der Waals surface area contributed by atoms with Crippen molar-refractivity contribution in [2.75, 3.05) is 6.61 Å². The van der Waals surface area contributed by atoms with Crippen molar-refractivity contribution in [1.82, 2.24) is 24.7 Å². The summed E-state index contributed by atoms with van der Waals surface area (Å²) < 4.78 is 1.56. The molecule has 0 aliphatic rings. The number of hydrogen-bond acceptors (Lipinski definition) is 7. The van der Waals surface area contributed by atoms with E-state index in [1.54, 1.807) is 4.57 Å². The van der Waals surface area contributed by atoms with Gasteiger partial charge in [0.15, 0.2) is 18.4 Å². The average molecular weight is 366 g/mol. The second kappa shape index (κ2) is 6.60. The number of benzene rings is 1. The van der Waals surface area contributed by atoms with Crippen LogP contribution in [0.1, 0.15) is 21.0 Å². The molecule has 0 spiro atoms. The van der Waals surface area contributed by atoms with Gasteiger partial charge in [0.1, 0.15) is 23.2 Å². The van der Waals surface area contributed by atoms with Gasteiger partial charge >= 0.3 is 0 Å². The lowest BCUT2D eigenvalue weighted by Gasteiger charge is -2.11. The van der Waals surface area contributed by atoms with Gasteiger partial charge < -0.3 is 9.67 Å². The van der Waals surface area contributed by atoms with Crippen LogP contribution in [0.2, 0.25) is 10.0 Å². The molecule has 8 nitrogen and oxygen atoms in total. The zero-order valence-corrected chi connectivity index (χ0v) is 13.5. The summed E-state index contributed by atoms with van der Waals surface area (Å²) in [6.07, 6.45) is 2.29. The fourth-order valence-corrected chi connectivity index (χ4v) is 2.69. The highest BCUT2D eigenvalue weighted by atomic mass is 35.5. The van der Waals surface area contributed by atoms with Crippen LogP contribution >= 0.6 is 23.2 Å². The van der Waals surface area contributed by atoms with Crippen molar-refractivity contribution in [3.63, 3.8) is 0 Å². The Morgan fingerprint density at radius 1 is 1.17 bits per heavy atom. The maximum atomic E-state index is 11.2. The number of rotatable bonds is 5. The Balaban J connectivity index is 2.41. The molecular weight excluding hydrogens is 357 g/mol. The molecule has 0 saturated carbocycles. The molecule has 0 atom stereocenters. The number of aldehydes is 2. The minimum absolute atomic E-state index is 0.0985. The van der Waals surface area contributed by atoms with Gasteiger partial charge in [-0.15, -0.1) is 10.2 Å². The molecule has 0 fully saturated rings. The van der Waals surface area contributed by atoms with E-state index in [0.29, 0.717) is 24.0 Å². The molecule has 3 aromatic rings. The minimum Gasteiger partial charge on any atom is -0.395 e. The monoisotopic (exact) mass is 365 g/mol. The van der Waals surface area contributed by atoms with Crippen molar-refractivity contribution in [3.05, 3.63) is 33.8 Å². The molecule has 0 unspecified atom stereocenters. The lowest BCUT2D eigenvalue weighted by Crippen LogP contribution is -2.06. The largest absolute Gasteiger partial charge is 0.395 e. The first-order valence-corrected chi connectivity index (χ1v) is 7.45. The first kappa shape index (κ1) is 16.4. The van der Waals surface area contributed by atoms with E-state index in [0.717, 1.165) is 0 Å². The maximum absolute atomic E-state index is 11.2. The zero-order valence-electron chi connectivity index (χ0n) is 12.0. The summed E-state index contributed by atoms with van der Waals surface area (Å²) in [5.41, 5.74) is 0.636. The molecule has 0 saturated heterocycles. The van der Waals surface area contributed by atoms with Crippen molar-refractivity contribution < 1.29 is 14.7 Å². The average Bonchev–Trinajstić information content (AvgIpc) is 3.03. The van der Waals surface area contributed by atoms with E-state index in [9.17, 15) is 9.59 Å². The lowest BCUT2D eigenvalue weighted by molar-refractivity contribution is 0.108. The van der Waals surface area contributed by atoms with E-state index < -0.39 is 0 Å². The first-order valence-electron chi connectivity index (χ1n) is 6.69. The Bertz CT molecular complexity index is 957. The Labute approximate surface area is 145 Å². The highest BCUT2D eigenvalue weighted by Gasteiger charge is 2.21. The van der Waals surface area contributed by atoms with E-state index in [2.05, 4.69) is 20.2 Å². The highest BCUT2D eigenvalue weighted by molar-refractivity contribution is 6.45. The minimum atomic E-state index is -0.137. The molecular formula is C14H9Cl2N5O3. The second-order valence-corrected chi connectivity index (χ2v) is 5.50. The van der Waals surface area contributed by atoms with Gasteiger partial charge in [0, 0.05) is 6.54 Å².